The lowest BCUT2D eigenvalue weighted by atomic mass is 10.2. The van der Waals surface area contributed by atoms with Crippen LogP contribution in [0.25, 0.3) is 10.9 Å². The summed E-state index contributed by atoms with van der Waals surface area (Å²) in [6.45, 7) is 1.64. The Labute approximate surface area is 88.6 Å². The molecule has 16 heavy (non-hydrogen) atoms. The normalized spacial score (nSPS) is 12.0. The highest BCUT2D eigenvalue weighted by molar-refractivity contribution is 5.82. The van der Waals surface area contributed by atoms with Crippen LogP contribution >= 0.6 is 0 Å². The number of nitrogens with zero attached hydrogens (tertiary/aromatic N) is 1. The Balaban J connectivity index is 2.47. The van der Waals surface area contributed by atoms with Gasteiger partial charge in [0.15, 0.2) is 0 Å². The van der Waals surface area contributed by atoms with Crippen molar-refractivity contribution in [3.05, 3.63) is 30.0 Å². The molecule has 86 valence electrons. The van der Waals surface area contributed by atoms with Gasteiger partial charge in [0.1, 0.15) is 5.75 Å². The molecule has 1 heterocycles. The monoisotopic (exact) mass is 231 g/mol. The first-order valence-electron chi connectivity index (χ1n) is 4.44. The third kappa shape index (κ3) is 1.91. The van der Waals surface area contributed by atoms with E-state index in [1.807, 2.05) is 0 Å². The van der Waals surface area contributed by atoms with Crippen molar-refractivity contribution in [1.82, 2.24) is 4.73 Å². The maximum atomic E-state index is 12.0. The van der Waals surface area contributed by atoms with E-state index < -0.39 is 6.36 Å². The molecule has 0 aliphatic carbocycles. The Kier molecular flexibility index (Phi) is 2.22. The fraction of sp³-hybridized carbons (Fsp3) is 0.200. The number of benzene rings is 1. The van der Waals surface area contributed by atoms with Gasteiger partial charge in [-0.05, 0) is 25.1 Å². The van der Waals surface area contributed by atoms with E-state index in [1.165, 1.54) is 12.1 Å². The van der Waals surface area contributed by atoms with Crippen LogP contribution in [-0.2, 0) is 0 Å². The second-order valence-corrected chi connectivity index (χ2v) is 3.37. The molecule has 0 amide bonds. The van der Waals surface area contributed by atoms with E-state index in [-0.39, 0.29) is 11.3 Å². The molecule has 2 rings (SSSR count). The second kappa shape index (κ2) is 3.33. The van der Waals surface area contributed by atoms with Crippen molar-refractivity contribution in [3.8, 4) is 5.75 Å². The van der Waals surface area contributed by atoms with Crippen LogP contribution in [0.3, 0.4) is 0 Å². The van der Waals surface area contributed by atoms with Crippen molar-refractivity contribution in [3.63, 3.8) is 0 Å². The molecule has 0 radical (unpaired) electrons. The number of aromatic nitrogens is 1. The molecule has 0 aliphatic heterocycles. The predicted octanol–water partition coefficient (Wildman–Crippen LogP) is 3.09. The number of hydrogen-bond donors (Lipinski definition) is 1. The van der Waals surface area contributed by atoms with Crippen LogP contribution < -0.4 is 4.74 Å². The summed E-state index contributed by atoms with van der Waals surface area (Å²) in [5.41, 5.74) is 0.818. The molecule has 1 aromatic heterocycles. The van der Waals surface area contributed by atoms with E-state index in [2.05, 4.69) is 4.74 Å². The van der Waals surface area contributed by atoms with E-state index in [9.17, 15) is 18.4 Å². The molecule has 1 aromatic carbocycles. The van der Waals surface area contributed by atoms with E-state index in [1.54, 1.807) is 13.0 Å². The summed E-state index contributed by atoms with van der Waals surface area (Å²) in [4.78, 5) is 0. The maximum absolute atomic E-state index is 12.0. The molecule has 0 atom stereocenters. The summed E-state index contributed by atoms with van der Waals surface area (Å²) in [7, 11) is 0. The number of halogens is 3. The number of alkyl halides is 3. The number of hydrogen-bond acceptors (Lipinski definition) is 2. The lowest BCUT2D eigenvalue weighted by Gasteiger charge is -2.08. The highest BCUT2D eigenvalue weighted by Crippen LogP contribution is 2.27. The van der Waals surface area contributed by atoms with Gasteiger partial charge in [-0.25, -0.2) is 0 Å². The Morgan fingerprint density at radius 1 is 1.25 bits per heavy atom. The van der Waals surface area contributed by atoms with Crippen LogP contribution in [0, 0.1) is 6.92 Å². The average molecular weight is 231 g/mol. The number of ether oxygens (including phenoxy) is 1. The SMILES string of the molecule is Cc1cc2ccc(OC(F)(F)F)cc2n1O. The molecule has 0 saturated carbocycles. The van der Waals surface area contributed by atoms with Crippen molar-refractivity contribution in [2.45, 2.75) is 13.3 Å². The van der Waals surface area contributed by atoms with Crippen LogP contribution in [0.15, 0.2) is 24.3 Å². The van der Waals surface area contributed by atoms with Gasteiger partial charge in [0.05, 0.1) is 11.2 Å². The Morgan fingerprint density at radius 2 is 1.94 bits per heavy atom. The first-order chi connectivity index (χ1) is 7.37. The summed E-state index contributed by atoms with van der Waals surface area (Å²) in [6, 6.07) is 5.45. The quantitative estimate of drug-likeness (QED) is 0.765. The van der Waals surface area contributed by atoms with E-state index in [4.69, 9.17) is 0 Å². The minimum absolute atomic E-state index is 0.277. The lowest BCUT2D eigenvalue weighted by molar-refractivity contribution is -0.274. The zero-order valence-corrected chi connectivity index (χ0v) is 8.25. The van der Waals surface area contributed by atoms with Gasteiger partial charge in [-0.1, -0.05) is 0 Å². The van der Waals surface area contributed by atoms with Crippen LogP contribution in [0.5, 0.6) is 5.75 Å². The fourth-order valence-electron chi connectivity index (χ4n) is 1.50. The second-order valence-electron chi connectivity index (χ2n) is 3.37. The summed E-state index contributed by atoms with van der Waals surface area (Å²) in [6.07, 6.45) is -4.73. The summed E-state index contributed by atoms with van der Waals surface area (Å²) < 4.78 is 40.4. The summed E-state index contributed by atoms with van der Waals surface area (Å²) >= 11 is 0. The standard InChI is InChI=1S/C10H8F3NO2/c1-6-4-7-2-3-8(16-10(11,12)13)5-9(7)14(6)15/h2-5,15H,1H3. The number of aryl methyl sites for hydroxylation is 1. The fourth-order valence-corrected chi connectivity index (χ4v) is 1.50. The third-order valence-corrected chi connectivity index (χ3v) is 2.16. The number of rotatable bonds is 1. The first kappa shape index (κ1) is 10.7. The van der Waals surface area contributed by atoms with Gasteiger partial charge < -0.3 is 9.94 Å². The Hall–Kier alpha value is -1.85. The highest BCUT2D eigenvalue weighted by Gasteiger charge is 2.31. The van der Waals surface area contributed by atoms with Crippen molar-refractivity contribution in [1.29, 1.82) is 0 Å². The molecule has 6 heteroatoms. The van der Waals surface area contributed by atoms with Crippen LogP contribution in [-0.4, -0.2) is 16.3 Å². The minimum atomic E-state index is -4.73. The lowest BCUT2D eigenvalue weighted by Crippen LogP contribution is -2.17. The third-order valence-electron chi connectivity index (χ3n) is 2.16. The molecule has 3 nitrogen and oxygen atoms in total. The zero-order chi connectivity index (χ0) is 11.9. The maximum Gasteiger partial charge on any atom is 0.573 e. The number of fused-ring (bicyclic) bond motifs is 1. The predicted molar refractivity (Wildman–Crippen MR) is 50.5 cm³/mol. The molecule has 0 unspecified atom stereocenters. The van der Waals surface area contributed by atoms with Crippen molar-refractivity contribution >= 4 is 10.9 Å². The van der Waals surface area contributed by atoms with Crippen molar-refractivity contribution in [2.75, 3.05) is 0 Å². The van der Waals surface area contributed by atoms with Crippen LogP contribution in [0.1, 0.15) is 5.69 Å². The van der Waals surface area contributed by atoms with Gasteiger partial charge in [0, 0.05) is 11.5 Å². The molecule has 0 fully saturated rings. The van der Waals surface area contributed by atoms with Gasteiger partial charge in [-0.3, -0.25) is 0 Å². The molecular formula is C10H8F3NO2. The van der Waals surface area contributed by atoms with Gasteiger partial charge in [0.25, 0.3) is 0 Å². The topological polar surface area (TPSA) is 34.4 Å². The van der Waals surface area contributed by atoms with Crippen LogP contribution in [0.4, 0.5) is 13.2 Å². The largest absolute Gasteiger partial charge is 0.573 e. The molecular weight excluding hydrogens is 223 g/mol. The van der Waals surface area contributed by atoms with Crippen LogP contribution in [0.2, 0.25) is 0 Å². The molecule has 2 aromatic rings. The Bertz CT molecular complexity index is 531. The smallest absolute Gasteiger partial charge is 0.428 e. The molecule has 0 saturated heterocycles. The molecule has 0 aliphatic rings. The zero-order valence-electron chi connectivity index (χ0n) is 8.25. The average Bonchev–Trinajstić information content (AvgIpc) is 2.42. The van der Waals surface area contributed by atoms with Gasteiger partial charge >= 0.3 is 6.36 Å². The molecule has 0 spiro atoms. The van der Waals surface area contributed by atoms with Crippen molar-refractivity contribution < 1.29 is 23.1 Å². The van der Waals surface area contributed by atoms with Gasteiger partial charge in [-0.2, -0.15) is 4.73 Å². The molecule has 1 N–H and O–H groups in total. The minimum Gasteiger partial charge on any atom is -0.428 e. The molecule has 0 bridgehead atoms. The van der Waals surface area contributed by atoms with Gasteiger partial charge in [-0.15, -0.1) is 13.2 Å². The highest BCUT2D eigenvalue weighted by atomic mass is 19.4. The summed E-state index contributed by atoms with van der Waals surface area (Å²) in [5.74, 6) is -0.353. The summed E-state index contributed by atoms with van der Waals surface area (Å²) in [5, 5.41) is 10.1. The van der Waals surface area contributed by atoms with Gasteiger partial charge in [0.2, 0.25) is 0 Å². The van der Waals surface area contributed by atoms with E-state index >= 15 is 0 Å². The van der Waals surface area contributed by atoms with E-state index in [0.29, 0.717) is 11.1 Å². The Morgan fingerprint density at radius 3 is 2.56 bits per heavy atom. The van der Waals surface area contributed by atoms with E-state index in [0.717, 1.165) is 10.8 Å². The first-order valence-corrected chi connectivity index (χ1v) is 4.44. The van der Waals surface area contributed by atoms with Crippen molar-refractivity contribution in [2.24, 2.45) is 0 Å².